The number of benzene rings is 2. The largest absolute Gasteiger partial charge is 0.434 e. The van der Waals surface area contributed by atoms with E-state index in [-0.39, 0.29) is 17.7 Å². The summed E-state index contributed by atoms with van der Waals surface area (Å²) >= 11 is 0. The molecule has 2 aromatic carbocycles. The fourth-order valence-corrected chi connectivity index (χ4v) is 2.68. The lowest BCUT2D eigenvalue weighted by Gasteiger charge is -2.14. The van der Waals surface area contributed by atoms with Crippen molar-refractivity contribution < 1.29 is 18.3 Å². The first-order valence-electron chi connectivity index (χ1n) is 8.63. The minimum Gasteiger partial charge on any atom is -0.434 e. The van der Waals surface area contributed by atoms with E-state index in [1.807, 2.05) is 42.0 Å². The third kappa shape index (κ3) is 5.03. The summed E-state index contributed by atoms with van der Waals surface area (Å²) in [4.78, 5) is 16.2. The van der Waals surface area contributed by atoms with Crippen molar-refractivity contribution in [2.75, 3.05) is 0 Å². The molecule has 7 heteroatoms. The lowest BCUT2D eigenvalue weighted by atomic mass is 10.1. The first-order chi connectivity index (χ1) is 13.5. The minimum atomic E-state index is -2.92. The van der Waals surface area contributed by atoms with Crippen LogP contribution in [0.1, 0.15) is 24.1 Å². The number of aromatic nitrogens is 2. The molecule has 0 saturated heterocycles. The Hall–Kier alpha value is -3.48. The maximum absolute atomic E-state index is 12.4. The molecule has 144 valence electrons. The zero-order chi connectivity index (χ0) is 19.9. The Labute approximate surface area is 161 Å². The quantitative estimate of drug-likeness (QED) is 0.617. The van der Waals surface area contributed by atoms with Gasteiger partial charge in [-0.3, -0.25) is 4.79 Å². The molecule has 0 fully saturated rings. The Balaban J connectivity index is 1.62. The number of halogens is 2. The van der Waals surface area contributed by atoms with Gasteiger partial charge in [0.1, 0.15) is 5.75 Å². The van der Waals surface area contributed by atoms with Crippen LogP contribution in [0.25, 0.3) is 11.8 Å². The van der Waals surface area contributed by atoms with E-state index in [0.29, 0.717) is 5.56 Å². The summed E-state index contributed by atoms with van der Waals surface area (Å²) in [6.07, 6.45) is 8.00. The summed E-state index contributed by atoms with van der Waals surface area (Å²) in [6.45, 7) is -1.06. The van der Waals surface area contributed by atoms with E-state index < -0.39 is 6.61 Å². The van der Waals surface area contributed by atoms with Crippen molar-refractivity contribution in [1.82, 2.24) is 14.9 Å². The molecule has 1 atom stereocenters. The summed E-state index contributed by atoms with van der Waals surface area (Å²) in [5.74, 6) is -0.317. The topological polar surface area (TPSA) is 56.1 Å². The lowest BCUT2D eigenvalue weighted by molar-refractivity contribution is -0.117. The van der Waals surface area contributed by atoms with Crippen molar-refractivity contribution in [3.63, 3.8) is 0 Å². The van der Waals surface area contributed by atoms with Crippen LogP contribution < -0.4 is 10.1 Å². The third-order valence-corrected chi connectivity index (χ3v) is 4.10. The molecule has 5 nitrogen and oxygen atoms in total. The minimum absolute atomic E-state index is 0.0182. The molecule has 3 rings (SSSR count). The van der Waals surface area contributed by atoms with Gasteiger partial charge in [0.05, 0.1) is 12.4 Å². The number of hydrogen-bond donors (Lipinski definition) is 1. The number of carbonyl (C=O) groups is 1. The lowest BCUT2D eigenvalue weighted by Crippen LogP contribution is -2.24. The van der Waals surface area contributed by atoms with Crippen molar-refractivity contribution >= 4 is 12.0 Å². The fourth-order valence-electron chi connectivity index (χ4n) is 2.68. The van der Waals surface area contributed by atoms with Crippen LogP contribution >= 0.6 is 0 Å². The molecule has 0 saturated carbocycles. The van der Waals surface area contributed by atoms with Gasteiger partial charge in [-0.1, -0.05) is 30.3 Å². The molecule has 0 radical (unpaired) electrons. The van der Waals surface area contributed by atoms with Crippen LogP contribution in [0.15, 0.2) is 73.3 Å². The van der Waals surface area contributed by atoms with Crippen molar-refractivity contribution in [2.24, 2.45) is 0 Å². The summed E-state index contributed by atoms with van der Waals surface area (Å²) in [6, 6.07) is 13.8. The molecule has 1 unspecified atom stereocenters. The average Bonchev–Trinajstić information content (AvgIpc) is 3.22. The number of imidazole rings is 1. The predicted molar refractivity (Wildman–Crippen MR) is 102 cm³/mol. The molecule has 1 aromatic heterocycles. The second-order valence-electron chi connectivity index (χ2n) is 6.04. The predicted octanol–water partition coefficient (Wildman–Crippen LogP) is 4.36. The highest BCUT2D eigenvalue weighted by Crippen LogP contribution is 2.21. The van der Waals surface area contributed by atoms with Gasteiger partial charge in [-0.2, -0.15) is 8.78 Å². The van der Waals surface area contributed by atoms with Crippen LogP contribution in [0.5, 0.6) is 5.75 Å². The van der Waals surface area contributed by atoms with Crippen molar-refractivity contribution in [3.05, 3.63) is 84.5 Å². The van der Waals surface area contributed by atoms with Crippen LogP contribution in [-0.4, -0.2) is 22.1 Å². The summed E-state index contributed by atoms with van der Waals surface area (Å²) in [7, 11) is 0. The highest BCUT2D eigenvalue weighted by atomic mass is 19.3. The first kappa shape index (κ1) is 19.3. The monoisotopic (exact) mass is 383 g/mol. The van der Waals surface area contributed by atoms with Gasteiger partial charge in [0.2, 0.25) is 5.91 Å². The summed E-state index contributed by atoms with van der Waals surface area (Å²) in [5, 5.41) is 2.85. The fraction of sp³-hybridized carbons (Fsp3) is 0.143. The number of rotatable bonds is 7. The van der Waals surface area contributed by atoms with Gasteiger partial charge >= 0.3 is 6.61 Å². The second-order valence-corrected chi connectivity index (χ2v) is 6.04. The Bertz CT molecular complexity index is 939. The van der Waals surface area contributed by atoms with Crippen LogP contribution in [0.3, 0.4) is 0 Å². The Morgan fingerprint density at radius 3 is 2.61 bits per heavy atom. The summed E-state index contributed by atoms with van der Waals surface area (Å²) < 4.78 is 31.2. The average molecular weight is 383 g/mol. The van der Waals surface area contributed by atoms with Gasteiger partial charge in [-0.15, -0.1) is 0 Å². The van der Waals surface area contributed by atoms with Gasteiger partial charge in [-0.05, 0) is 36.8 Å². The highest BCUT2D eigenvalue weighted by molar-refractivity contribution is 5.92. The maximum atomic E-state index is 12.4. The van der Waals surface area contributed by atoms with Crippen LogP contribution in [0.2, 0.25) is 0 Å². The van der Waals surface area contributed by atoms with Gasteiger partial charge in [0.25, 0.3) is 0 Å². The molecule has 1 N–H and O–H groups in total. The zero-order valence-electron chi connectivity index (χ0n) is 15.1. The number of ether oxygens (including phenoxy) is 1. The molecule has 3 aromatic rings. The number of nitrogens with zero attached hydrogens (tertiary/aromatic N) is 2. The van der Waals surface area contributed by atoms with E-state index >= 15 is 0 Å². The van der Waals surface area contributed by atoms with E-state index in [4.69, 9.17) is 0 Å². The van der Waals surface area contributed by atoms with Crippen LogP contribution in [0, 0.1) is 0 Å². The van der Waals surface area contributed by atoms with Gasteiger partial charge < -0.3 is 14.6 Å². The van der Waals surface area contributed by atoms with E-state index in [1.54, 1.807) is 30.7 Å². The van der Waals surface area contributed by atoms with E-state index in [9.17, 15) is 13.6 Å². The number of hydrogen-bond acceptors (Lipinski definition) is 3. The number of carbonyl (C=O) groups excluding carboxylic acids is 1. The molecule has 1 amide bonds. The molecule has 0 aliphatic heterocycles. The molecule has 1 heterocycles. The molecule has 0 spiro atoms. The van der Waals surface area contributed by atoms with Crippen molar-refractivity contribution in [3.8, 4) is 11.4 Å². The molecule has 0 bridgehead atoms. The maximum Gasteiger partial charge on any atom is 0.387 e. The van der Waals surface area contributed by atoms with Crippen LogP contribution in [0.4, 0.5) is 8.78 Å². The number of nitrogens with one attached hydrogen (secondary N) is 1. The van der Waals surface area contributed by atoms with Gasteiger partial charge in [0, 0.05) is 29.7 Å². The number of para-hydroxylation sites is 1. The van der Waals surface area contributed by atoms with Gasteiger partial charge in [-0.25, -0.2) is 4.98 Å². The standard InChI is InChI=1S/C21H19F2N3O2/c1-15(16-6-9-18(10-7-16)26-13-12-24-14-26)25-20(27)11-8-17-4-2-3-5-19(17)28-21(22)23/h2-15,21H,1H3,(H,25,27)/b11-8+. The van der Waals surface area contributed by atoms with Crippen molar-refractivity contribution in [2.45, 2.75) is 19.6 Å². The zero-order valence-corrected chi connectivity index (χ0v) is 15.1. The molecular weight excluding hydrogens is 364 g/mol. The van der Waals surface area contributed by atoms with E-state index in [1.165, 1.54) is 18.2 Å². The van der Waals surface area contributed by atoms with E-state index in [2.05, 4.69) is 15.0 Å². The Morgan fingerprint density at radius 2 is 1.93 bits per heavy atom. The molecular formula is C21H19F2N3O2. The van der Waals surface area contributed by atoms with Gasteiger partial charge in [0.15, 0.2) is 0 Å². The van der Waals surface area contributed by atoms with Crippen LogP contribution in [-0.2, 0) is 4.79 Å². The Kier molecular flexibility index (Phi) is 6.16. The molecule has 28 heavy (non-hydrogen) atoms. The normalized spacial score (nSPS) is 12.3. The first-order valence-corrected chi connectivity index (χ1v) is 8.63. The molecule has 0 aliphatic rings. The van der Waals surface area contributed by atoms with Crippen molar-refractivity contribution in [1.29, 1.82) is 0 Å². The number of amides is 1. The number of alkyl halides is 2. The van der Waals surface area contributed by atoms with E-state index in [0.717, 1.165) is 11.3 Å². The molecule has 0 aliphatic carbocycles. The summed E-state index contributed by atoms with van der Waals surface area (Å²) in [5.41, 5.74) is 2.30. The second kappa shape index (κ2) is 8.94. The Morgan fingerprint density at radius 1 is 1.18 bits per heavy atom. The third-order valence-electron chi connectivity index (χ3n) is 4.10. The highest BCUT2D eigenvalue weighted by Gasteiger charge is 2.10. The smallest absolute Gasteiger partial charge is 0.387 e. The SMILES string of the molecule is CC(NC(=O)/C=C/c1ccccc1OC(F)F)c1ccc(-n2ccnc2)cc1.